The number of hydrogen-bond donors (Lipinski definition) is 0. The minimum Gasteiger partial charge on any atom is -0.497 e. The molecule has 0 atom stereocenters. The van der Waals surface area contributed by atoms with Crippen LogP contribution in [0.3, 0.4) is 0 Å². The fourth-order valence-electron chi connectivity index (χ4n) is 3.02. The summed E-state index contributed by atoms with van der Waals surface area (Å²) in [6.07, 6.45) is 0. The standard InChI is InChI=1S/C21H21N5O/c1-3-25(15-16-9-11-18(27-2)12-10-16)20-14-13-19-22-23-21(26(19)24-20)17-7-5-4-6-8-17/h4-14H,3,15H2,1-2H3. The van der Waals surface area contributed by atoms with E-state index in [0.717, 1.165) is 41.7 Å². The van der Waals surface area contributed by atoms with Crippen molar-refractivity contribution in [3.8, 4) is 17.1 Å². The second-order valence-corrected chi connectivity index (χ2v) is 6.21. The molecule has 0 amide bonds. The fraction of sp³-hybridized carbons (Fsp3) is 0.190. The fourth-order valence-corrected chi connectivity index (χ4v) is 3.02. The topological polar surface area (TPSA) is 55.5 Å². The van der Waals surface area contributed by atoms with E-state index in [-0.39, 0.29) is 0 Å². The molecule has 6 heteroatoms. The number of fused-ring (bicyclic) bond motifs is 1. The molecule has 136 valence electrons. The quantitative estimate of drug-likeness (QED) is 0.524. The summed E-state index contributed by atoms with van der Waals surface area (Å²) in [5.41, 5.74) is 2.93. The second kappa shape index (κ2) is 7.45. The number of rotatable bonds is 6. The zero-order chi connectivity index (χ0) is 18.6. The molecule has 0 radical (unpaired) electrons. The summed E-state index contributed by atoms with van der Waals surface area (Å²) in [4.78, 5) is 2.22. The molecule has 0 unspecified atom stereocenters. The molecule has 27 heavy (non-hydrogen) atoms. The Kier molecular flexibility index (Phi) is 4.70. The zero-order valence-electron chi connectivity index (χ0n) is 15.4. The molecule has 0 spiro atoms. The molecule has 0 aliphatic carbocycles. The Labute approximate surface area is 158 Å². The van der Waals surface area contributed by atoms with Crippen LogP contribution in [0.25, 0.3) is 17.0 Å². The lowest BCUT2D eigenvalue weighted by atomic mass is 10.2. The van der Waals surface area contributed by atoms with Crippen LogP contribution in [0.5, 0.6) is 5.75 Å². The minimum atomic E-state index is 0.734. The first kappa shape index (κ1) is 17.0. The summed E-state index contributed by atoms with van der Waals surface area (Å²) < 4.78 is 7.04. The maximum Gasteiger partial charge on any atom is 0.185 e. The first-order valence-corrected chi connectivity index (χ1v) is 8.94. The van der Waals surface area contributed by atoms with E-state index >= 15 is 0 Å². The van der Waals surface area contributed by atoms with Gasteiger partial charge in [0.15, 0.2) is 11.5 Å². The Morgan fingerprint density at radius 1 is 0.926 bits per heavy atom. The third-order valence-electron chi connectivity index (χ3n) is 4.52. The Morgan fingerprint density at radius 3 is 2.41 bits per heavy atom. The number of aromatic nitrogens is 4. The van der Waals surface area contributed by atoms with E-state index in [4.69, 9.17) is 9.84 Å². The SMILES string of the molecule is CCN(Cc1ccc(OC)cc1)c1ccc2nnc(-c3ccccc3)n2n1. The smallest absolute Gasteiger partial charge is 0.185 e. The molecule has 0 fully saturated rings. The van der Waals surface area contributed by atoms with Gasteiger partial charge in [-0.3, -0.25) is 0 Å². The van der Waals surface area contributed by atoms with Gasteiger partial charge in [0, 0.05) is 18.7 Å². The highest BCUT2D eigenvalue weighted by atomic mass is 16.5. The van der Waals surface area contributed by atoms with Crippen molar-refractivity contribution in [3.63, 3.8) is 0 Å². The third-order valence-corrected chi connectivity index (χ3v) is 4.52. The van der Waals surface area contributed by atoms with Gasteiger partial charge in [0.1, 0.15) is 11.6 Å². The van der Waals surface area contributed by atoms with Gasteiger partial charge < -0.3 is 9.64 Å². The number of ether oxygens (including phenoxy) is 1. The van der Waals surface area contributed by atoms with Gasteiger partial charge in [-0.2, -0.15) is 4.52 Å². The van der Waals surface area contributed by atoms with Crippen LogP contribution >= 0.6 is 0 Å². The van der Waals surface area contributed by atoms with E-state index < -0.39 is 0 Å². The lowest BCUT2D eigenvalue weighted by Crippen LogP contribution is -2.23. The lowest BCUT2D eigenvalue weighted by Gasteiger charge is -2.22. The maximum absolute atomic E-state index is 5.24. The molecule has 0 aliphatic heterocycles. The Morgan fingerprint density at radius 2 is 1.70 bits per heavy atom. The second-order valence-electron chi connectivity index (χ2n) is 6.21. The predicted octanol–water partition coefficient (Wildman–Crippen LogP) is 3.83. The van der Waals surface area contributed by atoms with Crippen LogP contribution in [0.4, 0.5) is 5.82 Å². The van der Waals surface area contributed by atoms with Crippen molar-refractivity contribution in [2.75, 3.05) is 18.6 Å². The summed E-state index contributed by atoms with van der Waals surface area (Å²) in [5.74, 6) is 2.49. The van der Waals surface area contributed by atoms with Crippen LogP contribution in [-0.2, 0) is 6.54 Å². The summed E-state index contributed by atoms with van der Waals surface area (Å²) in [5, 5.41) is 13.4. The van der Waals surface area contributed by atoms with Crippen LogP contribution in [0, 0.1) is 0 Å². The van der Waals surface area contributed by atoms with Crippen LogP contribution in [0.1, 0.15) is 12.5 Å². The average molecular weight is 359 g/mol. The molecule has 4 rings (SSSR count). The van der Waals surface area contributed by atoms with Gasteiger partial charge in [-0.1, -0.05) is 42.5 Å². The van der Waals surface area contributed by atoms with Gasteiger partial charge in [0.2, 0.25) is 0 Å². The van der Waals surface area contributed by atoms with Crippen molar-refractivity contribution in [2.45, 2.75) is 13.5 Å². The van der Waals surface area contributed by atoms with Crippen LogP contribution in [0.2, 0.25) is 0 Å². The largest absolute Gasteiger partial charge is 0.497 e. The normalized spacial score (nSPS) is 10.9. The summed E-state index contributed by atoms with van der Waals surface area (Å²) in [6.45, 7) is 3.73. The number of methoxy groups -OCH3 is 1. The molecular weight excluding hydrogens is 338 g/mol. The first-order valence-electron chi connectivity index (χ1n) is 8.94. The van der Waals surface area contributed by atoms with Crippen LogP contribution < -0.4 is 9.64 Å². The molecule has 0 saturated heterocycles. The summed E-state index contributed by atoms with van der Waals surface area (Å²) in [7, 11) is 1.68. The van der Waals surface area contributed by atoms with Gasteiger partial charge in [-0.15, -0.1) is 15.3 Å². The molecule has 0 saturated carbocycles. The Balaban J connectivity index is 1.66. The molecule has 2 aromatic carbocycles. The van der Waals surface area contributed by atoms with Gasteiger partial charge in [0.25, 0.3) is 0 Å². The molecule has 4 aromatic rings. The highest BCUT2D eigenvalue weighted by molar-refractivity contribution is 5.59. The van der Waals surface area contributed by atoms with Crippen molar-refractivity contribution >= 4 is 11.5 Å². The van der Waals surface area contributed by atoms with Crippen LogP contribution in [-0.4, -0.2) is 33.5 Å². The third kappa shape index (κ3) is 3.46. The van der Waals surface area contributed by atoms with Crippen molar-refractivity contribution in [2.24, 2.45) is 0 Å². The highest BCUT2D eigenvalue weighted by Crippen LogP contribution is 2.21. The van der Waals surface area contributed by atoms with Gasteiger partial charge in [-0.25, -0.2) is 0 Å². The van der Waals surface area contributed by atoms with Crippen molar-refractivity contribution in [1.29, 1.82) is 0 Å². The predicted molar refractivity (Wildman–Crippen MR) is 106 cm³/mol. The van der Waals surface area contributed by atoms with Crippen molar-refractivity contribution in [1.82, 2.24) is 19.8 Å². The average Bonchev–Trinajstić information content (AvgIpc) is 3.16. The number of anilines is 1. The maximum atomic E-state index is 5.24. The van der Waals surface area contributed by atoms with E-state index in [2.05, 4.69) is 34.2 Å². The molecule has 6 nitrogen and oxygen atoms in total. The van der Waals surface area contributed by atoms with E-state index in [1.807, 2.05) is 54.6 Å². The van der Waals surface area contributed by atoms with E-state index in [1.54, 1.807) is 11.6 Å². The van der Waals surface area contributed by atoms with E-state index in [1.165, 1.54) is 5.56 Å². The summed E-state index contributed by atoms with van der Waals surface area (Å²) in [6, 6.07) is 22.1. The molecule has 2 aromatic heterocycles. The monoisotopic (exact) mass is 359 g/mol. The number of hydrogen-bond acceptors (Lipinski definition) is 5. The highest BCUT2D eigenvalue weighted by Gasteiger charge is 2.13. The minimum absolute atomic E-state index is 0.734. The molecule has 0 N–H and O–H groups in total. The Hall–Kier alpha value is -3.41. The lowest BCUT2D eigenvalue weighted by molar-refractivity contribution is 0.414. The molecule has 0 bridgehead atoms. The van der Waals surface area contributed by atoms with E-state index in [0.29, 0.717) is 0 Å². The first-order chi connectivity index (χ1) is 13.3. The molecule has 0 aliphatic rings. The van der Waals surface area contributed by atoms with Crippen molar-refractivity contribution < 1.29 is 4.74 Å². The number of nitrogens with zero attached hydrogens (tertiary/aromatic N) is 5. The van der Waals surface area contributed by atoms with Crippen molar-refractivity contribution in [3.05, 3.63) is 72.3 Å². The zero-order valence-corrected chi connectivity index (χ0v) is 15.4. The number of benzene rings is 2. The molecule has 2 heterocycles. The van der Waals surface area contributed by atoms with Crippen LogP contribution in [0.15, 0.2) is 66.7 Å². The summed E-state index contributed by atoms with van der Waals surface area (Å²) >= 11 is 0. The Bertz CT molecular complexity index is 1030. The molecular formula is C21H21N5O. The van der Waals surface area contributed by atoms with Gasteiger partial charge in [-0.05, 0) is 36.8 Å². The van der Waals surface area contributed by atoms with E-state index in [9.17, 15) is 0 Å². The van der Waals surface area contributed by atoms with Gasteiger partial charge >= 0.3 is 0 Å². The van der Waals surface area contributed by atoms with Gasteiger partial charge in [0.05, 0.1) is 7.11 Å².